The fraction of sp³-hybridized carbons (Fsp3) is 0.611. The Bertz CT molecular complexity index is 561. The number of amides is 1. The topological polar surface area (TPSA) is 44.4 Å². The summed E-state index contributed by atoms with van der Waals surface area (Å²) in [5, 5.41) is 6.33. The van der Waals surface area contributed by atoms with Crippen LogP contribution < -0.4 is 10.6 Å². The van der Waals surface area contributed by atoms with Gasteiger partial charge in [-0.2, -0.15) is 0 Å². The number of benzene rings is 1. The summed E-state index contributed by atoms with van der Waals surface area (Å²) in [5.74, 6) is -0.339. The smallest absolute Gasteiger partial charge is 0.238 e. The lowest BCUT2D eigenvalue weighted by molar-refractivity contribution is -0.120. The summed E-state index contributed by atoms with van der Waals surface area (Å²) in [6.07, 6.45) is 6.09. The second-order valence-corrected chi connectivity index (χ2v) is 6.90. The number of aryl methyl sites for hydroxylation is 1. The van der Waals surface area contributed by atoms with Gasteiger partial charge in [0.15, 0.2) is 0 Å². The van der Waals surface area contributed by atoms with Gasteiger partial charge in [-0.05, 0) is 37.5 Å². The van der Waals surface area contributed by atoms with E-state index in [9.17, 15) is 9.18 Å². The van der Waals surface area contributed by atoms with Crippen LogP contribution in [0.4, 0.5) is 10.1 Å². The summed E-state index contributed by atoms with van der Waals surface area (Å²) in [5.41, 5.74) is 1.25. The number of nitrogens with one attached hydrogen (secondary N) is 2. The first-order chi connectivity index (χ1) is 11.1. The van der Waals surface area contributed by atoms with Crippen LogP contribution in [0.1, 0.15) is 37.7 Å². The van der Waals surface area contributed by atoms with Gasteiger partial charge in [-0.15, -0.1) is 0 Å². The molecule has 2 N–H and O–H groups in total. The number of hydrogen-bond acceptors (Lipinski definition) is 3. The van der Waals surface area contributed by atoms with Crippen molar-refractivity contribution in [3.8, 4) is 0 Å². The molecule has 2 fully saturated rings. The number of carbonyl (C=O) groups is 1. The fourth-order valence-corrected chi connectivity index (χ4v) is 3.88. The van der Waals surface area contributed by atoms with E-state index in [4.69, 9.17) is 0 Å². The Labute approximate surface area is 137 Å². The zero-order valence-corrected chi connectivity index (χ0v) is 13.8. The van der Waals surface area contributed by atoms with Gasteiger partial charge in [0.05, 0.1) is 6.54 Å². The van der Waals surface area contributed by atoms with Gasteiger partial charge >= 0.3 is 0 Å². The minimum absolute atomic E-state index is 0.0555. The van der Waals surface area contributed by atoms with E-state index < -0.39 is 0 Å². The first-order valence-corrected chi connectivity index (χ1v) is 8.61. The molecule has 0 radical (unpaired) electrons. The Morgan fingerprint density at radius 3 is 2.87 bits per heavy atom. The van der Waals surface area contributed by atoms with Crippen LogP contribution in [-0.2, 0) is 4.79 Å². The summed E-state index contributed by atoms with van der Waals surface area (Å²) in [4.78, 5) is 14.7. The van der Waals surface area contributed by atoms with Gasteiger partial charge in [0.25, 0.3) is 0 Å². The Morgan fingerprint density at radius 2 is 2.13 bits per heavy atom. The van der Waals surface area contributed by atoms with E-state index in [0.717, 1.165) is 32.5 Å². The maximum Gasteiger partial charge on any atom is 0.238 e. The van der Waals surface area contributed by atoms with Gasteiger partial charge in [0, 0.05) is 30.9 Å². The molecule has 1 saturated heterocycles. The molecule has 3 rings (SSSR count). The van der Waals surface area contributed by atoms with Crippen LogP contribution in [0.5, 0.6) is 0 Å². The number of anilines is 1. The van der Waals surface area contributed by atoms with Gasteiger partial charge in [0.2, 0.25) is 5.91 Å². The Morgan fingerprint density at radius 1 is 1.35 bits per heavy atom. The van der Waals surface area contributed by atoms with E-state index >= 15 is 0 Å². The molecule has 2 aliphatic rings. The van der Waals surface area contributed by atoms with Crippen LogP contribution in [0.25, 0.3) is 0 Å². The van der Waals surface area contributed by atoms with E-state index in [-0.39, 0.29) is 17.3 Å². The number of piperazine rings is 1. The molecule has 0 atom stereocenters. The average molecular weight is 319 g/mol. The van der Waals surface area contributed by atoms with E-state index in [1.165, 1.54) is 25.3 Å². The molecule has 1 saturated carbocycles. The van der Waals surface area contributed by atoms with E-state index in [0.29, 0.717) is 17.8 Å². The minimum Gasteiger partial charge on any atom is -0.325 e. The van der Waals surface area contributed by atoms with E-state index in [1.54, 1.807) is 19.1 Å². The Kier molecular flexibility index (Phi) is 4.97. The second kappa shape index (κ2) is 6.97. The van der Waals surface area contributed by atoms with Crippen molar-refractivity contribution in [1.29, 1.82) is 0 Å². The number of halogens is 1. The number of hydrogen-bond donors (Lipinski definition) is 2. The van der Waals surface area contributed by atoms with E-state index in [1.807, 2.05) is 0 Å². The third kappa shape index (κ3) is 3.72. The Balaban J connectivity index is 1.64. The Hall–Kier alpha value is -1.46. The lowest BCUT2D eigenvalue weighted by atomic mass is 9.79. The predicted molar refractivity (Wildman–Crippen MR) is 90.0 cm³/mol. The molecule has 1 amide bonds. The molecule has 126 valence electrons. The maximum atomic E-state index is 13.6. The quantitative estimate of drug-likeness (QED) is 0.900. The number of carbonyl (C=O) groups excluding carboxylic acids is 1. The molecule has 0 bridgehead atoms. The van der Waals surface area contributed by atoms with Crippen molar-refractivity contribution >= 4 is 11.6 Å². The maximum absolute atomic E-state index is 13.6. The van der Waals surface area contributed by atoms with Crippen molar-refractivity contribution < 1.29 is 9.18 Å². The molecule has 1 aliphatic carbocycles. The normalized spacial score (nSPS) is 21.3. The SMILES string of the molecule is Cc1ccc(NC(=O)CN2CCNCC23CCCCC3)cc1F. The molecule has 23 heavy (non-hydrogen) atoms. The van der Waals surface area contributed by atoms with Crippen LogP contribution >= 0.6 is 0 Å². The van der Waals surface area contributed by atoms with Gasteiger partial charge in [-0.1, -0.05) is 25.3 Å². The molecular weight excluding hydrogens is 293 g/mol. The van der Waals surface area contributed by atoms with Crippen LogP contribution in [0.15, 0.2) is 18.2 Å². The molecule has 5 heteroatoms. The molecule has 1 spiro atoms. The number of nitrogens with zero attached hydrogens (tertiary/aromatic N) is 1. The van der Waals surface area contributed by atoms with Gasteiger partial charge in [-0.25, -0.2) is 4.39 Å². The zero-order chi connectivity index (χ0) is 16.3. The van der Waals surface area contributed by atoms with Gasteiger partial charge < -0.3 is 10.6 Å². The molecule has 1 aliphatic heterocycles. The third-order valence-electron chi connectivity index (χ3n) is 5.26. The first-order valence-electron chi connectivity index (χ1n) is 8.61. The highest BCUT2D eigenvalue weighted by Gasteiger charge is 2.40. The minimum atomic E-state index is -0.284. The third-order valence-corrected chi connectivity index (χ3v) is 5.26. The lowest BCUT2D eigenvalue weighted by Crippen LogP contribution is -2.63. The van der Waals surface area contributed by atoms with Crippen LogP contribution in [0.2, 0.25) is 0 Å². The highest BCUT2D eigenvalue weighted by atomic mass is 19.1. The van der Waals surface area contributed by atoms with Crippen molar-refractivity contribution in [3.05, 3.63) is 29.6 Å². The summed E-state index contributed by atoms with van der Waals surface area (Å²) >= 11 is 0. The number of rotatable bonds is 3. The first kappa shape index (κ1) is 16.4. The van der Waals surface area contributed by atoms with Crippen molar-refractivity contribution in [3.63, 3.8) is 0 Å². The van der Waals surface area contributed by atoms with Gasteiger partial charge in [-0.3, -0.25) is 9.69 Å². The molecule has 0 unspecified atom stereocenters. The molecule has 1 aromatic carbocycles. The predicted octanol–water partition coefficient (Wildman–Crippen LogP) is 2.68. The summed E-state index contributed by atoms with van der Waals surface area (Å²) < 4.78 is 13.6. The largest absolute Gasteiger partial charge is 0.325 e. The summed E-state index contributed by atoms with van der Waals surface area (Å²) in [7, 11) is 0. The molecule has 0 aromatic heterocycles. The monoisotopic (exact) mass is 319 g/mol. The second-order valence-electron chi connectivity index (χ2n) is 6.90. The van der Waals surface area contributed by atoms with Gasteiger partial charge in [0.1, 0.15) is 5.82 Å². The molecule has 1 heterocycles. The fourth-order valence-electron chi connectivity index (χ4n) is 3.88. The van der Waals surface area contributed by atoms with Crippen LogP contribution in [0, 0.1) is 12.7 Å². The highest BCUT2D eigenvalue weighted by molar-refractivity contribution is 5.92. The van der Waals surface area contributed by atoms with Crippen LogP contribution in [-0.4, -0.2) is 42.5 Å². The standard InChI is InChI=1S/C18H26FN3O/c1-14-5-6-15(11-16(14)19)21-17(23)12-22-10-9-20-13-18(22)7-3-2-4-8-18/h5-6,11,20H,2-4,7-10,12-13H2,1H3,(H,21,23). The van der Waals surface area contributed by atoms with Crippen molar-refractivity contribution in [2.75, 3.05) is 31.5 Å². The summed E-state index contributed by atoms with van der Waals surface area (Å²) in [6, 6.07) is 4.84. The van der Waals surface area contributed by atoms with Crippen molar-refractivity contribution in [2.24, 2.45) is 0 Å². The molecular formula is C18H26FN3O. The van der Waals surface area contributed by atoms with Crippen LogP contribution in [0.3, 0.4) is 0 Å². The van der Waals surface area contributed by atoms with Crippen molar-refractivity contribution in [1.82, 2.24) is 10.2 Å². The lowest BCUT2D eigenvalue weighted by Gasteiger charge is -2.49. The van der Waals surface area contributed by atoms with E-state index in [2.05, 4.69) is 15.5 Å². The highest BCUT2D eigenvalue weighted by Crippen LogP contribution is 2.34. The molecule has 4 nitrogen and oxygen atoms in total. The summed E-state index contributed by atoms with van der Waals surface area (Å²) in [6.45, 7) is 4.90. The van der Waals surface area contributed by atoms with Crippen molar-refractivity contribution in [2.45, 2.75) is 44.6 Å². The molecule has 1 aromatic rings. The zero-order valence-electron chi connectivity index (χ0n) is 13.8. The average Bonchev–Trinajstić information content (AvgIpc) is 2.54.